The van der Waals surface area contributed by atoms with Crippen LogP contribution in [0.2, 0.25) is 0 Å². The maximum Gasteiger partial charge on any atom is 0.254 e. The van der Waals surface area contributed by atoms with Crippen LogP contribution in [0.3, 0.4) is 0 Å². The Morgan fingerprint density at radius 2 is 1.92 bits per heavy atom. The van der Waals surface area contributed by atoms with Gasteiger partial charge in [-0.1, -0.05) is 29.2 Å². The van der Waals surface area contributed by atoms with Gasteiger partial charge in [0.15, 0.2) is 5.13 Å². The van der Waals surface area contributed by atoms with E-state index in [1.807, 2.05) is 24.3 Å². The van der Waals surface area contributed by atoms with Gasteiger partial charge in [-0.05, 0) is 18.2 Å². The number of rotatable bonds is 3. The van der Waals surface area contributed by atoms with Crippen LogP contribution in [0.15, 0.2) is 39.6 Å². The second-order valence-corrected chi connectivity index (χ2v) is 7.88. The minimum absolute atomic E-state index is 0.00414. The molecule has 126 valence electrons. The molecule has 0 saturated carbocycles. The van der Waals surface area contributed by atoms with Crippen LogP contribution < -0.4 is 5.73 Å². The summed E-state index contributed by atoms with van der Waals surface area (Å²) in [7, 11) is 0. The fraction of sp³-hybridized carbons (Fsp3) is 0.312. The highest BCUT2D eigenvalue weighted by Crippen LogP contribution is 2.33. The number of piperazine rings is 1. The van der Waals surface area contributed by atoms with Crippen molar-refractivity contribution >= 4 is 40.0 Å². The smallest absolute Gasteiger partial charge is 0.254 e. The summed E-state index contributed by atoms with van der Waals surface area (Å²) in [5.74, 6) is 0.0637. The van der Waals surface area contributed by atoms with Crippen molar-refractivity contribution in [2.75, 3.05) is 31.9 Å². The summed E-state index contributed by atoms with van der Waals surface area (Å²) in [4.78, 5) is 32.6. The lowest BCUT2D eigenvalue weighted by molar-refractivity contribution is -0.130. The second-order valence-electron chi connectivity index (χ2n) is 5.45. The van der Waals surface area contributed by atoms with E-state index in [0.717, 1.165) is 9.10 Å². The Hall–Kier alpha value is -2.06. The fourth-order valence-corrected chi connectivity index (χ4v) is 4.33. The monoisotopic (exact) mass is 362 g/mol. The molecule has 2 N–H and O–H groups in total. The van der Waals surface area contributed by atoms with Gasteiger partial charge >= 0.3 is 0 Å². The number of nitrogen functional groups attached to an aromatic ring is 1. The summed E-state index contributed by atoms with van der Waals surface area (Å²) in [5.41, 5.74) is 6.31. The first-order valence-electron chi connectivity index (χ1n) is 7.57. The molecular weight excluding hydrogens is 344 g/mol. The average Bonchev–Trinajstić information content (AvgIpc) is 2.99. The van der Waals surface area contributed by atoms with Crippen molar-refractivity contribution in [3.63, 3.8) is 0 Å². The quantitative estimate of drug-likeness (QED) is 0.905. The van der Waals surface area contributed by atoms with Crippen LogP contribution in [-0.4, -0.2) is 52.8 Å². The molecule has 2 aromatic rings. The maximum absolute atomic E-state index is 12.7. The summed E-state index contributed by atoms with van der Waals surface area (Å²) in [6.45, 7) is 3.89. The Balaban J connectivity index is 1.67. The normalized spacial score (nSPS) is 14.7. The van der Waals surface area contributed by atoms with Gasteiger partial charge < -0.3 is 15.5 Å². The first-order chi connectivity index (χ1) is 11.5. The van der Waals surface area contributed by atoms with E-state index < -0.39 is 0 Å². The van der Waals surface area contributed by atoms with E-state index in [9.17, 15) is 9.59 Å². The van der Waals surface area contributed by atoms with E-state index in [1.54, 1.807) is 34.7 Å². The molecule has 8 heteroatoms. The highest BCUT2D eigenvalue weighted by atomic mass is 32.2. The third kappa shape index (κ3) is 3.88. The number of hydrogen-bond donors (Lipinski definition) is 1. The van der Waals surface area contributed by atoms with E-state index in [0.29, 0.717) is 36.9 Å². The minimum Gasteiger partial charge on any atom is -0.375 e. The van der Waals surface area contributed by atoms with Gasteiger partial charge in [0.05, 0.1) is 10.4 Å². The topological polar surface area (TPSA) is 79.5 Å². The largest absolute Gasteiger partial charge is 0.375 e. The van der Waals surface area contributed by atoms with Crippen molar-refractivity contribution < 1.29 is 9.59 Å². The number of carbonyl (C=O) groups is 2. The SMILES string of the molecule is CC(=O)N1CCN(C(=O)c2cccc(Sc3cnc(N)s3)c2)CC1. The van der Waals surface area contributed by atoms with Crippen LogP contribution >= 0.6 is 23.1 Å². The molecular formula is C16H18N4O2S2. The van der Waals surface area contributed by atoms with Crippen molar-refractivity contribution in [2.24, 2.45) is 0 Å². The van der Waals surface area contributed by atoms with Crippen molar-refractivity contribution in [1.82, 2.24) is 14.8 Å². The van der Waals surface area contributed by atoms with Crippen LogP contribution in [0.25, 0.3) is 0 Å². The van der Waals surface area contributed by atoms with Crippen molar-refractivity contribution in [3.05, 3.63) is 36.0 Å². The zero-order valence-corrected chi connectivity index (χ0v) is 14.9. The molecule has 0 bridgehead atoms. The van der Waals surface area contributed by atoms with Crippen molar-refractivity contribution in [1.29, 1.82) is 0 Å². The number of nitrogens with zero attached hydrogens (tertiary/aromatic N) is 3. The summed E-state index contributed by atoms with van der Waals surface area (Å²) in [6.07, 6.45) is 1.74. The first kappa shape index (κ1) is 16.8. The third-order valence-corrected chi connectivity index (χ3v) is 5.73. The Morgan fingerprint density at radius 1 is 1.21 bits per heavy atom. The summed E-state index contributed by atoms with van der Waals surface area (Å²) >= 11 is 2.97. The summed E-state index contributed by atoms with van der Waals surface area (Å²) in [6, 6.07) is 7.56. The highest BCUT2D eigenvalue weighted by molar-refractivity contribution is 8.01. The van der Waals surface area contributed by atoms with E-state index >= 15 is 0 Å². The third-order valence-electron chi connectivity index (χ3n) is 3.81. The lowest BCUT2D eigenvalue weighted by Crippen LogP contribution is -2.50. The molecule has 1 aliphatic rings. The van der Waals surface area contributed by atoms with Gasteiger partial charge in [0.2, 0.25) is 5.91 Å². The number of aromatic nitrogens is 1. The Labute approximate surface area is 148 Å². The Morgan fingerprint density at radius 3 is 2.54 bits per heavy atom. The lowest BCUT2D eigenvalue weighted by Gasteiger charge is -2.34. The summed E-state index contributed by atoms with van der Waals surface area (Å²) < 4.78 is 0.993. The fourth-order valence-electron chi connectivity index (χ4n) is 2.54. The van der Waals surface area contributed by atoms with Gasteiger partial charge in [-0.3, -0.25) is 9.59 Å². The Kier molecular flexibility index (Phi) is 5.06. The number of nitrogens with two attached hydrogens (primary N) is 1. The maximum atomic E-state index is 12.7. The molecule has 0 radical (unpaired) electrons. The zero-order valence-electron chi connectivity index (χ0n) is 13.3. The van der Waals surface area contributed by atoms with Crippen molar-refractivity contribution in [2.45, 2.75) is 16.0 Å². The van der Waals surface area contributed by atoms with Gasteiger partial charge in [0, 0.05) is 43.6 Å². The number of anilines is 1. The molecule has 1 aromatic carbocycles. The lowest BCUT2D eigenvalue weighted by atomic mass is 10.2. The molecule has 0 aliphatic carbocycles. The zero-order chi connectivity index (χ0) is 17.1. The molecule has 1 fully saturated rings. The van der Waals surface area contributed by atoms with Gasteiger partial charge in [0.25, 0.3) is 5.91 Å². The van der Waals surface area contributed by atoms with E-state index in [4.69, 9.17) is 5.73 Å². The van der Waals surface area contributed by atoms with Crippen LogP contribution in [0.4, 0.5) is 5.13 Å². The average molecular weight is 362 g/mol. The molecule has 1 aromatic heterocycles. The van der Waals surface area contributed by atoms with Crippen molar-refractivity contribution in [3.8, 4) is 0 Å². The molecule has 2 heterocycles. The van der Waals surface area contributed by atoms with Gasteiger partial charge in [-0.2, -0.15) is 0 Å². The molecule has 1 saturated heterocycles. The Bertz CT molecular complexity index is 754. The van der Waals surface area contributed by atoms with E-state index in [1.165, 1.54) is 11.3 Å². The predicted octanol–water partition coefficient (Wildman–Crippen LogP) is 2.18. The van der Waals surface area contributed by atoms with Crippen LogP contribution in [0.1, 0.15) is 17.3 Å². The highest BCUT2D eigenvalue weighted by Gasteiger charge is 2.23. The standard InChI is InChI=1S/C16H18N4O2S2/c1-11(21)19-5-7-20(8-6-19)15(22)12-3-2-4-13(9-12)23-14-10-18-16(17)24-14/h2-4,9-10H,5-8H2,1H3,(H2,17,18). The first-order valence-corrected chi connectivity index (χ1v) is 9.20. The number of carbonyl (C=O) groups excluding carboxylic acids is 2. The predicted molar refractivity (Wildman–Crippen MR) is 95.2 cm³/mol. The van der Waals surface area contributed by atoms with Crippen LogP contribution in [0, 0.1) is 0 Å². The molecule has 2 amide bonds. The molecule has 6 nitrogen and oxygen atoms in total. The van der Waals surface area contributed by atoms with E-state index in [-0.39, 0.29) is 11.8 Å². The van der Waals surface area contributed by atoms with Gasteiger partial charge in [-0.25, -0.2) is 4.98 Å². The second kappa shape index (κ2) is 7.23. The molecule has 1 aliphatic heterocycles. The molecule has 0 unspecified atom stereocenters. The molecule has 0 atom stereocenters. The summed E-state index contributed by atoms with van der Waals surface area (Å²) in [5, 5.41) is 0.535. The van der Waals surface area contributed by atoms with E-state index in [2.05, 4.69) is 4.98 Å². The van der Waals surface area contributed by atoms with Gasteiger partial charge in [-0.15, -0.1) is 0 Å². The van der Waals surface area contributed by atoms with Crippen LogP contribution in [0.5, 0.6) is 0 Å². The molecule has 3 rings (SSSR count). The van der Waals surface area contributed by atoms with Gasteiger partial charge in [0.1, 0.15) is 0 Å². The number of hydrogen-bond acceptors (Lipinski definition) is 6. The number of thiazole rings is 1. The molecule has 24 heavy (non-hydrogen) atoms. The number of amides is 2. The number of benzene rings is 1. The minimum atomic E-state index is 0.00414. The van der Waals surface area contributed by atoms with Crippen LogP contribution in [-0.2, 0) is 4.79 Å². The molecule has 0 spiro atoms.